The van der Waals surface area contributed by atoms with E-state index in [0.29, 0.717) is 23.7 Å². The fourth-order valence-corrected chi connectivity index (χ4v) is 2.33. The molecule has 2 heterocycles. The lowest BCUT2D eigenvalue weighted by molar-refractivity contribution is 0.0948. The van der Waals surface area contributed by atoms with Crippen LogP contribution in [0.15, 0.2) is 36.4 Å². The third kappa shape index (κ3) is 4.06. The quantitative estimate of drug-likeness (QED) is 0.788. The first-order valence-corrected chi connectivity index (χ1v) is 8.13. The number of rotatable bonds is 6. The highest BCUT2D eigenvalue weighted by molar-refractivity contribution is 6.04. The molecule has 3 rings (SSSR count). The molecule has 25 heavy (non-hydrogen) atoms. The molecule has 1 aliphatic rings. The number of nitrogens with one attached hydrogen (secondary N) is 2. The van der Waals surface area contributed by atoms with Crippen molar-refractivity contribution in [1.82, 2.24) is 10.3 Å². The maximum Gasteiger partial charge on any atom is 0.274 e. The zero-order valence-electron chi connectivity index (χ0n) is 13.9. The number of nitrogens with zero attached hydrogens (tertiary/aromatic N) is 1. The SMILES string of the molecule is CCCCNC(=O)c1cccc(C(=O)Nc2ccc3c(c2)OCO3)n1. The zero-order valence-corrected chi connectivity index (χ0v) is 13.9. The lowest BCUT2D eigenvalue weighted by Crippen LogP contribution is -2.26. The van der Waals surface area contributed by atoms with Crippen LogP contribution in [-0.2, 0) is 0 Å². The number of hydrogen-bond acceptors (Lipinski definition) is 5. The van der Waals surface area contributed by atoms with Gasteiger partial charge in [0.05, 0.1) is 0 Å². The van der Waals surface area contributed by atoms with Crippen molar-refractivity contribution in [3.05, 3.63) is 47.8 Å². The van der Waals surface area contributed by atoms with Gasteiger partial charge >= 0.3 is 0 Å². The predicted molar refractivity (Wildman–Crippen MR) is 92.0 cm³/mol. The van der Waals surface area contributed by atoms with Crippen molar-refractivity contribution >= 4 is 17.5 Å². The number of fused-ring (bicyclic) bond motifs is 1. The average Bonchev–Trinajstić information content (AvgIpc) is 3.09. The molecule has 0 radical (unpaired) electrons. The Morgan fingerprint density at radius 2 is 1.84 bits per heavy atom. The van der Waals surface area contributed by atoms with Crippen LogP contribution in [0.25, 0.3) is 0 Å². The van der Waals surface area contributed by atoms with E-state index >= 15 is 0 Å². The maximum absolute atomic E-state index is 12.4. The summed E-state index contributed by atoms with van der Waals surface area (Å²) in [5.74, 6) is 0.532. The minimum Gasteiger partial charge on any atom is -0.454 e. The fourth-order valence-electron chi connectivity index (χ4n) is 2.33. The number of unbranched alkanes of at least 4 members (excludes halogenated alkanes) is 1. The number of aromatic nitrogens is 1. The highest BCUT2D eigenvalue weighted by atomic mass is 16.7. The Bertz CT molecular complexity index is 792. The summed E-state index contributed by atoms with van der Waals surface area (Å²) in [5.41, 5.74) is 0.948. The molecule has 7 heteroatoms. The highest BCUT2D eigenvalue weighted by Crippen LogP contribution is 2.34. The normalized spacial score (nSPS) is 11.9. The molecule has 0 fully saturated rings. The molecular formula is C18H19N3O4. The Morgan fingerprint density at radius 3 is 2.64 bits per heavy atom. The average molecular weight is 341 g/mol. The smallest absolute Gasteiger partial charge is 0.274 e. The number of carbonyl (C=O) groups excluding carboxylic acids is 2. The molecule has 2 N–H and O–H groups in total. The van der Waals surface area contributed by atoms with Gasteiger partial charge in [0.1, 0.15) is 11.4 Å². The van der Waals surface area contributed by atoms with Gasteiger partial charge in [0.15, 0.2) is 11.5 Å². The molecule has 2 amide bonds. The van der Waals surface area contributed by atoms with Crippen LogP contribution >= 0.6 is 0 Å². The van der Waals surface area contributed by atoms with E-state index in [1.807, 2.05) is 6.92 Å². The minimum absolute atomic E-state index is 0.167. The van der Waals surface area contributed by atoms with Gasteiger partial charge in [0, 0.05) is 18.3 Å². The summed E-state index contributed by atoms with van der Waals surface area (Å²) in [6.07, 6.45) is 1.89. The Balaban J connectivity index is 1.68. The Kier molecular flexibility index (Phi) is 5.13. The topological polar surface area (TPSA) is 89.6 Å². The van der Waals surface area contributed by atoms with Crippen LogP contribution in [0.1, 0.15) is 40.7 Å². The molecule has 1 aliphatic heterocycles. The van der Waals surface area contributed by atoms with Crippen molar-refractivity contribution in [2.24, 2.45) is 0 Å². The third-order valence-corrected chi connectivity index (χ3v) is 3.66. The summed E-state index contributed by atoms with van der Waals surface area (Å²) < 4.78 is 10.5. The lowest BCUT2D eigenvalue weighted by atomic mass is 10.2. The zero-order chi connectivity index (χ0) is 17.6. The van der Waals surface area contributed by atoms with Gasteiger partial charge in [0.25, 0.3) is 11.8 Å². The van der Waals surface area contributed by atoms with Gasteiger partial charge in [-0.1, -0.05) is 19.4 Å². The first kappa shape index (κ1) is 16.8. The highest BCUT2D eigenvalue weighted by Gasteiger charge is 2.16. The number of hydrogen-bond donors (Lipinski definition) is 2. The number of amides is 2. The molecular weight excluding hydrogens is 322 g/mol. The van der Waals surface area contributed by atoms with Crippen molar-refractivity contribution in [1.29, 1.82) is 0 Å². The molecule has 0 saturated heterocycles. The number of ether oxygens (including phenoxy) is 2. The van der Waals surface area contributed by atoms with Gasteiger partial charge in [-0.2, -0.15) is 0 Å². The Labute approximate surface area is 145 Å². The largest absolute Gasteiger partial charge is 0.454 e. The first-order chi connectivity index (χ1) is 12.2. The molecule has 0 aliphatic carbocycles. The number of carbonyl (C=O) groups is 2. The van der Waals surface area contributed by atoms with Crippen molar-refractivity contribution in [2.75, 3.05) is 18.7 Å². The van der Waals surface area contributed by atoms with E-state index in [4.69, 9.17) is 9.47 Å². The molecule has 0 saturated carbocycles. The molecule has 0 bridgehead atoms. The third-order valence-electron chi connectivity index (χ3n) is 3.66. The molecule has 1 aromatic heterocycles. The molecule has 0 spiro atoms. The van der Waals surface area contributed by atoms with E-state index in [1.54, 1.807) is 36.4 Å². The Morgan fingerprint density at radius 1 is 1.08 bits per heavy atom. The van der Waals surface area contributed by atoms with E-state index in [-0.39, 0.29) is 24.1 Å². The number of pyridine rings is 1. The van der Waals surface area contributed by atoms with Crippen LogP contribution in [0.2, 0.25) is 0 Å². The number of benzene rings is 1. The van der Waals surface area contributed by atoms with E-state index in [1.165, 1.54) is 0 Å². The van der Waals surface area contributed by atoms with Gasteiger partial charge < -0.3 is 20.1 Å². The van der Waals surface area contributed by atoms with Gasteiger partial charge in [-0.15, -0.1) is 0 Å². The van der Waals surface area contributed by atoms with Gasteiger partial charge in [-0.25, -0.2) is 4.98 Å². The monoisotopic (exact) mass is 341 g/mol. The standard InChI is InChI=1S/C18H19N3O4/c1-2-3-9-19-17(22)13-5-4-6-14(21-13)18(23)20-12-7-8-15-16(10-12)25-11-24-15/h4-8,10H,2-3,9,11H2,1H3,(H,19,22)(H,20,23). The molecule has 0 atom stereocenters. The van der Waals surface area contributed by atoms with Crippen LogP contribution in [0, 0.1) is 0 Å². The molecule has 0 unspecified atom stereocenters. The van der Waals surface area contributed by atoms with Gasteiger partial charge in [0.2, 0.25) is 6.79 Å². The first-order valence-electron chi connectivity index (χ1n) is 8.13. The molecule has 1 aromatic carbocycles. The maximum atomic E-state index is 12.4. The second-order valence-electron chi connectivity index (χ2n) is 5.54. The Hall–Kier alpha value is -3.09. The summed E-state index contributed by atoms with van der Waals surface area (Å²) in [6, 6.07) is 9.90. The van der Waals surface area contributed by atoms with Crippen LogP contribution in [0.4, 0.5) is 5.69 Å². The fraction of sp³-hybridized carbons (Fsp3) is 0.278. The second-order valence-corrected chi connectivity index (χ2v) is 5.54. The van der Waals surface area contributed by atoms with Crippen molar-refractivity contribution < 1.29 is 19.1 Å². The van der Waals surface area contributed by atoms with Gasteiger partial charge in [-0.05, 0) is 30.7 Å². The van der Waals surface area contributed by atoms with Crippen LogP contribution in [0.5, 0.6) is 11.5 Å². The van der Waals surface area contributed by atoms with Crippen LogP contribution < -0.4 is 20.1 Å². The van der Waals surface area contributed by atoms with E-state index in [2.05, 4.69) is 15.6 Å². The molecule has 2 aromatic rings. The summed E-state index contributed by atoms with van der Waals surface area (Å²) >= 11 is 0. The van der Waals surface area contributed by atoms with Gasteiger partial charge in [-0.3, -0.25) is 9.59 Å². The van der Waals surface area contributed by atoms with E-state index in [9.17, 15) is 9.59 Å². The molecule has 130 valence electrons. The number of anilines is 1. The summed E-state index contributed by atoms with van der Waals surface area (Å²) in [5, 5.41) is 5.52. The van der Waals surface area contributed by atoms with Crippen molar-refractivity contribution in [2.45, 2.75) is 19.8 Å². The minimum atomic E-state index is -0.401. The summed E-state index contributed by atoms with van der Waals surface area (Å²) in [6.45, 7) is 2.81. The van der Waals surface area contributed by atoms with Crippen LogP contribution in [-0.4, -0.2) is 30.1 Å². The van der Waals surface area contributed by atoms with E-state index in [0.717, 1.165) is 12.8 Å². The van der Waals surface area contributed by atoms with Crippen molar-refractivity contribution in [3.8, 4) is 11.5 Å². The van der Waals surface area contributed by atoms with Crippen LogP contribution in [0.3, 0.4) is 0 Å². The summed E-state index contributed by atoms with van der Waals surface area (Å²) in [4.78, 5) is 28.6. The van der Waals surface area contributed by atoms with E-state index < -0.39 is 5.91 Å². The lowest BCUT2D eigenvalue weighted by Gasteiger charge is -2.07. The summed E-state index contributed by atoms with van der Waals surface area (Å²) in [7, 11) is 0. The van der Waals surface area contributed by atoms with Crippen molar-refractivity contribution in [3.63, 3.8) is 0 Å². The molecule has 7 nitrogen and oxygen atoms in total. The second kappa shape index (κ2) is 7.65. The predicted octanol–water partition coefficient (Wildman–Crippen LogP) is 2.59.